The van der Waals surface area contributed by atoms with Gasteiger partial charge in [0, 0.05) is 12.8 Å². The zero-order valence-electron chi connectivity index (χ0n) is 18.1. The molecule has 0 aliphatic rings. The Bertz CT molecular complexity index is 668. The van der Waals surface area contributed by atoms with Gasteiger partial charge in [0.15, 0.2) is 0 Å². The number of carbonyl (C=O) groups excluding carboxylic acids is 1. The minimum absolute atomic E-state index is 0.428. The molecule has 0 aliphatic heterocycles. The van der Waals surface area contributed by atoms with Gasteiger partial charge in [-0.2, -0.15) is 0 Å². The lowest BCUT2D eigenvalue weighted by molar-refractivity contribution is -0.118. The molecule has 2 rings (SSSR count). The van der Waals surface area contributed by atoms with Gasteiger partial charge in [-0.1, -0.05) is 114 Å². The molecule has 0 radical (unpaired) electrons. The van der Waals surface area contributed by atoms with Crippen LogP contribution in [0.15, 0.2) is 42.5 Å². The van der Waals surface area contributed by atoms with Crippen LogP contribution in [0.4, 0.5) is 0 Å². The summed E-state index contributed by atoms with van der Waals surface area (Å²) in [5.74, 6) is 0.428. The SMILES string of the molecule is CCC(=O)CCCCCCCCCCCCCCc1cccc2ccccc12. The third kappa shape index (κ3) is 9.04. The van der Waals surface area contributed by atoms with Gasteiger partial charge < -0.3 is 0 Å². The van der Waals surface area contributed by atoms with Gasteiger partial charge in [-0.05, 0) is 35.6 Å². The zero-order chi connectivity index (χ0) is 19.9. The molecule has 0 N–H and O–H groups in total. The number of Topliss-reactive ketones (excluding diaryl/α,β-unsaturated/α-hetero) is 1. The molecule has 2 aromatic carbocycles. The number of unbranched alkanes of at least 4 members (excludes halogenated alkanes) is 11. The minimum Gasteiger partial charge on any atom is -0.300 e. The summed E-state index contributed by atoms with van der Waals surface area (Å²) >= 11 is 0. The van der Waals surface area contributed by atoms with Gasteiger partial charge in [0.1, 0.15) is 5.78 Å². The van der Waals surface area contributed by atoms with E-state index in [1.54, 1.807) is 0 Å². The third-order valence-corrected chi connectivity index (χ3v) is 5.93. The zero-order valence-corrected chi connectivity index (χ0v) is 18.1. The van der Waals surface area contributed by atoms with Crippen molar-refractivity contribution in [1.29, 1.82) is 0 Å². The van der Waals surface area contributed by atoms with Crippen LogP contribution >= 0.6 is 0 Å². The number of aryl methyl sites for hydroxylation is 1. The summed E-state index contributed by atoms with van der Waals surface area (Å²) < 4.78 is 0. The summed E-state index contributed by atoms with van der Waals surface area (Å²) in [6, 6.07) is 15.5. The van der Waals surface area contributed by atoms with E-state index in [1.807, 2.05) is 6.92 Å². The molecule has 0 amide bonds. The average Bonchev–Trinajstić information content (AvgIpc) is 2.73. The maximum Gasteiger partial charge on any atom is 0.132 e. The molecule has 28 heavy (non-hydrogen) atoms. The molecule has 0 aromatic heterocycles. The first kappa shape index (κ1) is 22.7. The van der Waals surface area contributed by atoms with Crippen molar-refractivity contribution >= 4 is 16.6 Å². The topological polar surface area (TPSA) is 17.1 Å². The number of hydrogen-bond donors (Lipinski definition) is 0. The van der Waals surface area contributed by atoms with Gasteiger partial charge in [-0.3, -0.25) is 4.79 Å². The fraction of sp³-hybridized carbons (Fsp3) is 0.593. The summed E-state index contributed by atoms with van der Waals surface area (Å²) in [7, 11) is 0. The predicted molar refractivity (Wildman–Crippen MR) is 123 cm³/mol. The highest BCUT2D eigenvalue weighted by atomic mass is 16.1. The fourth-order valence-electron chi connectivity index (χ4n) is 4.09. The van der Waals surface area contributed by atoms with Crippen molar-refractivity contribution in [2.45, 2.75) is 103 Å². The van der Waals surface area contributed by atoms with Crippen LogP contribution in [0, 0.1) is 0 Å². The lowest BCUT2D eigenvalue weighted by atomic mass is 9.99. The highest BCUT2D eigenvalue weighted by Gasteiger charge is 2.01. The largest absolute Gasteiger partial charge is 0.300 e. The predicted octanol–water partition coefficient (Wildman–Crippen LogP) is 8.43. The van der Waals surface area contributed by atoms with E-state index in [-0.39, 0.29) is 0 Å². The van der Waals surface area contributed by atoms with Crippen molar-refractivity contribution in [2.24, 2.45) is 0 Å². The molecule has 0 heterocycles. The number of rotatable bonds is 16. The second-order valence-corrected chi connectivity index (χ2v) is 8.27. The van der Waals surface area contributed by atoms with Gasteiger partial charge >= 0.3 is 0 Å². The third-order valence-electron chi connectivity index (χ3n) is 5.93. The number of benzene rings is 2. The van der Waals surface area contributed by atoms with Crippen molar-refractivity contribution in [3.05, 3.63) is 48.0 Å². The number of hydrogen-bond acceptors (Lipinski definition) is 1. The molecular weight excluding hydrogens is 340 g/mol. The van der Waals surface area contributed by atoms with E-state index >= 15 is 0 Å². The van der Waals surface area contributed by atoms with Crippen molar-refractivity contribution in [3.63, 3.8) is 0 Å². The first-order valence-electron chi connectivity index (χ1n) is 11.8. The van der Waals surface area contributed by atoms with E-state index in [2.05, 4.69) is 42.5 Å². The normalized spacial score (nSPS) is 11.2. The summed E-state index contributed by atoms with van der Waals surface area (Å²) in [4.78, 5) is 11.2. The molecule has 0 saturated carbocycles. The van der Waals surface area contributed by atoms with Gasteiger partial charge in [0.25, 0.3) is 0 Å². The van der Waals surface area contributed by atoms with Crippen LogP contribution in [0.3, 0.4) is 0 Å². The quantitative estimate of drug-likeness (QED) is 0.267. The van der Waals surface area contributed by atoms with Crippen LogP contribution < -0.4 is 0 Å². The summed E-state index contributed by atoms with van der Waals surface area (Å²) in [6.45, 7) is 1.97. The fourth-order valence-corrected chi connectivity index (χ4v) is 4.09. The molecule has 0 bridgehead atoms. The Balaban J connectivity index is 1.40. The van der Waals surface area contributed by atoms with Crippen molar-refractivity contribution < 1.29 is 4.79 Å². The molecule has 0 fully saturated rings. The number of ketones is 1. The lowest BCUT2D eigenvalue weighted by Crippen LogP contribution is -1.94. The Morgan fingerprint density at radius 3 is 1.82 bits per heavy atom. The Kier molecular flexibility index (Phi) is 11.6. The van der Waals surface area contributed by atoms with Gasteiger partial charge in [0.05, 0.1) is 0 Å². The molecule has 2 aromatic rings. The minimum atomic E-state index is 0.428. The Morgan fingerprint density at radius 1 is 0.643 bits per heavy atom. The van der Waals surface area contributed by atoms with Crippen LogP contribution in [0.1, 0.15) is 102 Å². The van der Waals surface area contributed by atoms with E-state index in [9.17, 15) is 4.79 Å². The molecule has 1 nitrogen and oxygen atoms in total. The molecule has 0 saturated heterocycles. The summed E-state index contributed by atoms with van der Waals surface area (Å²) in [5.41, 5.74) is 1.51. The standard InChI is InChI=1S/C27H40O/c1-2-26(28)22-14-12-10-8-6-4-3-5-7-9-11-13-18-24-20-17-21-25-19-15-16-23-27(24)25/h15-17,19-21,23H,2-14,18,22H2,1H3. The highest BCUT2D eigenvalue weighted by molar-refractivity contribution is 5.85. The molecule has 0 unspecified atom stereocenters. The van der Waals surface area contributed by atoms with Crippen LogP contribution in [-0.2, 0) is 11.2 Å². The summed E-state index contributed by atoms with van der Waals surface area (Å²) in [5, 5.41) is 2.80. The van der Waals surface area contributed by atoms with Crippen LogP contribution in [0.25, 0.3) is 10.8 Å². The van der Waals surface area contributed by atoms with Gasteiger partial charge in [-0.15, -0.1) is 0 Å². The maximum atomic E-state index is 11.2. The molecule has 154 valence electrons. The second-order valence-electron chi connectivity index (χ2n) is 8.27. The van der Waals surface area contributed by atoms with Crippen LogP contribution in [0.2, 0.25) is 0 Å². The molecule has 0 atom stereocenters. The molecular formula is C27H40O. The first-order valence-corrected chi connectivity index (χ1v) is 11.8. The first-order chi connectivity index (χ1) is 13.8. The monoisotopic (exact) mass is 380 g/mol. The Hall–Kier alpha value is -1.63. The molecule has 0 spiro atoms. The number of carbonyl (C=O) groups is 1. The maximum absolute atomic E-state index is 11.2. The Morgan fingerprint density at radius 2 is 1.18 bits per heavy atom. The Labute approximate surface area is 172 Å². The highest BCUT2D eigenvalue weighted by Crippen LogP contribution is 2.21. The van der Waals surface area contributed by atoms with Crippen molar-refractivity contribution in [3.8, 4) is 0 Å². The van der Waals surface area contributed by atoms with E-state index in [4.69, 9.17) is 0 Å². The summed E-state index contributed by atoms with van der Waals surface area (Å²) in [6.07, 6.45) is 18.8. The van der Waals surface area contributed by atoms with E-state index in [0.717, 1.165) is 12.8 Å². The second kappa shape index (κ2) is 14.4. The van der Waals surface area contributed by atoms with Crippen LogP contribution in [-0.4, -0.2) is 5.78 Å². The lowest BCUT2D eigenvalue weighted by Gasteiger charge is -2.07. The molecule has 0 aliphatic carbocycles. The molecule has 1 heteroatoms. The van der Waals surface area contributed by atoms with E-state index in [1.165, 1.54) is 93.4 Å². The van der Waals surface area contributed by atoms with E-state index < -0.39 is 0 Å². The van der Waals surface area contributed by atoms with E-state index in [0.29, 0.717) is 12.2 Å². The van der Waals surface area contributed by atoms with Crippen molar-refractivity contribution in [1.82, 2.24) is 0 Å². The van der Waals surface area contributed by atoms with Gasteiger partial charge in [-0.25, -0.2) is 0 Å². The average molecular weight is 381 g/mol. The van der Waals surface area contributed by atoms with Crippen molar-refractivity contribution in [2.75, 3.05) is 0 Å². The smallest absolute Gasteiger partial charge is 0.132 e. The number of fused-ring (bicyclic) bond motifs is 1. The van der Waals surface area contributed by atoms with Crippen LogP contribution in [0.5, 0.6) is 0 Å². The van der Waals surface area contributed by atoms with Gasteiger partial charge in [0.2, 0.25) is 0 Å².